The molecule has 0 spiro atoms. The van der Waals surface area contributed by atoms with E-state index in [1.54, 1.807) is 36.4 Å². The second kappa shape index (κ2) is 10.8. The molecule has 0 saturated heterocycles. The maximum Gasteiger partial charge on any atom is 0.416 e. The van der Waals surface area contributed by atoms with Crippen LogP contribution in [0.4, 0.5) is 24.5 Å². The molecule has 0 radical (unpaired) electrons. The summed E-state index contributed by atoms with van der Waals surface area (Å²) in [6.07, 6.45) is -4.51. The number of rotatable bonds is 6. The van der Waals surface area contributed by atoms with Gasteiger partial charge in [0.05, 0.1) is 12.2 Å². The maximum atomic E-state index is 12.8. The standard InChI is InChI=1S/C24H20F3N3O3S/c1-2-33-20-8-3-5-16(13-20)22(32)30-23(34)29-18-11-9-15(10-12-18)21(31)28-19-7-4-6-17(14-19)24(25,26)27/h3-14H,2H2,1H3,(H,28,31)(H2,29,30,32,34). The lowest BCUT2D eigenvalue weighted by Crippen LogP contribution is -2.34. The summed E-state index contributed by atoms with van der Waals surface area (Å²) in [5.41, 5.74) is 0.274. The highest BCUT2D eigenvalue weighted by Gasteiger charge is 2.30. The highest BCUT2D eigenvalue weighted by molar-refractivity contribution is 7.80. The molecule has 0 unspecified atom stereocenters. The molecule has 0 aromatic heterocycles. The average Bonchev–Trinajstić information content (AvgIpc) is 2.79. The van der Waals surface area contributed by atoms with Crippen LogP contribution in [-0.4, -0.2) is 23.5 Å². The predicted octanol–water partition coefficient (Wildman–Crippen LogP) is 5.48. The lowest BCUT2D eigenvalue weighted by Gasteiger charge is -2.12. The molecule has 0 aliphatic rings. The number of anilines is 2. The molecular weight excluding hydrogens is 467 g/mol. The summed E-state index contributed by atoms with van der Waals surface area (Å²) in [5.74, 6) is -0.430. The number of carbonyl (C=O) groups is 2. The summed E-state index contributed by atoms with van der Waals surface area (Å²) in [7, 11) is 0. The van der Waals surface area contributed by atoms with E-state index in [9.17, 15) is 22.8 Å². The summed E-state index contributed by atoms with van der Waals surface area (Å²) in [6.45, 7) is 2.31. The Morgan fingerprint density at radius 3 is 2.24 bits per heavy atom. The number of amides is 2. The molecule has 176 valence electrons. The van der Waals surface area contributed by atoms with Gasteiger partial charge in [-0.25, -0.2) is 0 Å². The van der Waals surface area contributed by atoms with Crippen molar-refractivity contribution in [2.45, 2.75) is 13.1 Å². The van der Waals surface area contributed by atoms with Crippen molar-refractivity contribution in [3.63, 3.8) is 0 Å². The first-order chi connectivity index (χ1) is 16.2. The SMILES string of the molecule is CCOc1cccc(C(=O)NC(=S)Nc2ccc(C(=O)Nc3cccc(C(F)(F)F)c3)cc2)c1. The summed E-state index contributed by atoms with van der Waals surface area (Å²) >= 11 is 5.16. The molecular formula is C24H20F3N3O3S. The van der Waals surface area contributed by atoms with Gasteiger partial charge in [0.2, 0.25) is 0 Å². The Balaban J connectivity index is 1.58. The van der Waals surface area contributed by atoms with Crippen molar-refractivity contribution in [3.8, 4) is 5.75 Å². The van der Waals surface area contributed by atoms with Gasteiger partial charge < -0.3 is 15.4 Å². The molecule has 6 nitrogen and oxygen atoms in total. The Bertz CT molecular complexity index is 1200. The molecule has 34 heavy (non-hydrogen) atoms. The second-order valence-electron chi connectivity index (χ2n) is 6.98. The van der Waals surface area contributed by atoms with Gasteiger partial charge in [-0.2, -0.15) is 13.2 Å². The molecule has 0 aliphatic carbocycles. The zero-order valence-electron chi connectivity index (χ0n) is 17.9. The number of thiocarbonyl (C=S) groups is 1. The van der Waals surface area contributed by atoms with Gasteiger partial charge in [0, 0.05) is 22.5 Å². The quantitative estimate of drug-likeness (QED) is 0.401. The molecule has 0 fully saturated rings. The van der Waals surface area contributed by atoms with Crippen molar-refractivity contribution >= 4 is 40.5 Å². The number of nitrogens with one attached hydrogen (secondary N) is 3. The molecule has 10 heteroatoms. The Morgan fingerprint density at radius 2 is 1.56 bits per heavy atom. The van der Waals surface area contributed by atoms with Crippen LogP contribution in [0, 0.1) is 0 Å². The van der Waals surface area contributed by atoms with Gasteiger partial charge >= 0.3 is 6.18 Å². The molecule has 0 bridgehead atoms. The van der Waals surface area contributed by atoms with Gasteiger partial charge in [0.25, 0.3) is 11.8 Å². The van der Waals surface area contributed by atoms with E-state index in [0.717, 1.165) is 12.1 Å². The molecule has 0 saturated carbocycles. The summed E-state index contributed by atoms with van der Waals surface area (Å²) < 4.78 is 43.9. The zero-order chi connectivity index (χ0) is 24.7. The number of ether oxygens (including phenoxy) is 1. The third-order valence-corrected chi connectivity index (χ3v) is 4.69. The van der Waals surface area contributed by atoms with Crippen molar-refractivity contribution in [1.29, 1.82) is 0 Å². The summed E-state index contributed by atoms with van der Waals surface area (Å²) in [4.78, 5) is 24.8. The zero-order valence-corrected chi connectivity index (χ0v) is 18.7. The Kier molecular flexibility index (Phi) is 7.85. The first-order valence-electron chi connectivity index (χ1n) is 10.1. The molecule has 3 aromatic carbocycles. The Hall–Kier alpha value is -3.92. The molecule has 3 rings (SSSR count). The minimum atomic E-state index is -4.51. The van der Waals surface area contributed by atoms with Crippen LogP contribution in [0.1, 0.15) is 33.2 Å². The predicted molar refractivity (Wildman–Crippen MR) is 127 cm³/mol. The van der Waals surface area contributed by atoms with Gasteiger partial charge in [0.15, 0.2) is 5.11 Å². The van der Waals surface area contributed by atoms with Crippen LogP contribution in [0.15, 0.2) is 72.8 Å². The van der Waals surface area contributed by atoms with Gasteiger partial charge in [-0.3, -0.25) is 14.9 Å². The number of benzene rings is 3. The third kappa shape index (κ3) is 6.79. The van der Waals surface area contributed by atoms with Gasteiger partial charge in [-0.1, -0.05) is 12.1 Å². The van der Waals surface area contributed by atoms with E-state index < -0.39 is 23.6 Å². The average molecular weight is 488 g/mol. The number of halogens is 3. The molecule has 2 amide bonds. The van der Waals surface area contributed by atoms with Crippen LogP contribution in [-0.2, 0) is 6.18 Å². The first-order valence-corrected chi connectivity index (χ1v) is 10.5. The summed E-state index contributed by atoms with van der Waals surface area (Å²) in [6, 6.07) is 17.1. The minimum absolute atomic E-state index is 0.0272. The van der Waals surface area contributed by atoms with E-state index in [2.05, 4.69) is 16.0 Å². The highest BCUT2D eigenvalue weighted by atomic mass is 32.1. The Labute approximate surface area is 199 Å². The molecule has 3 aromatic rings. The first kappa shape index (κ1) is 24.7. The lowest BCUT2D eigenvalue weighted by molar-refractivity contribution is -0.137. The van der Waals surface area contributed by atoms with Gasteiger partial charge in [-0.05, 0) is 79.8 Å². The van der Waals surface area contributed by atoms with Crippen LogP contribution < -0.4 is 20.7 Å². The van der Waals surface area contributed by atoms with E-state index in [1.165, 1.54) is 24.3 Å². The van der Waals surface area contributed by atoms with Gasteiger partial charge in [-0.15, -0.1) is 0 Å². The van der Waals surface area contributed by atoms with Crippen LogP contribution >= 0.6 is 12.2 Å². The number of carbonyl (C=O) groups excluding carboxylic acids is 2. The molecule has 3 N–H and O–H groups in total. The maximum absolute atomic E-state index is 12.8. The van der Waals surface area contributed by atoms with Crippen LogP contribution in [0.5, 0.6) is 5.75 Å². The number of hydrogen-bond acceptors (Lipinski definition) is 4. The van der Waals surface area contributed by atoms with Crippen molar-refractivity contribution < 1.29 is 27.5 Å². The van der Waals surface area contributed by atoms with Gasteiger partial charge in [0.1, 0.15) is 5.75 Å². The second-order valence-corrected chi connectivity index (χ2v) is 7.39. The molecule has 0 heterocycles. The largest absolute Gasteiger partial charge is 0.494 e. The fourth-order valence-corrected chi connectivity index (χ4v) is 3.12. The lowest BCUT2D eigenvalue weighted by atomic mass is 10.1. The minimum Gasteiger partial charge on any atom is -0.494 e. The van der Waals surface area contributed by atoms with Crippen molar-refractivity contribution in [2.24, 2.45) is 0 Å². The van der Waals surface area contributed by atoms with E-state index in [-0.39, 0.29) is 16.4 Å². The fraction of sp³-hybridized carbons (Fsp3) is 0.125. The monoisotopic (exact) mass is 487 g/mol. The fourth-order valence-electron chi connectivity index (χ4n) is 2.91. The van der Waals surface area contributed by atoms with E-state index in [4.69, 9.17) is 17.0 Å². The van der Waals surface area contributed by atoms with Crippen LogP contribution in [0.2, 0.25) is 0 Å². The van der Waals surface area contributed by atoms with E-state index >= 15 is 0 Å². The topological polar surface area (TPSA) is 79.5 Å². The van der Waals surface area contributed by atoms with Crippen LogP contribution in [0.3, 0.4) is 0 Å². The van der Waals surface area contributed by atoms with Crippen molar-refractivity contribution in [1.82, 2.24) is 5.32 Å². The van der Waals surface area contributed by atoms with Crippen molar-refractivity contribution in [2.75, 3.05) is 17.2 Å². The van der Waals surface area contributed by atoms with E-state index in [0.29, 0.717) is 23.6 Å². The number of alkyl halides is 3. The van der Waals surface area contributed by atoms with E-state index in [1.807, 2.05) is 6.92 Å². The third-order valence-electron chi connectivity index (χ3n) is 4.49. The number of hydrogen-bond donors (Lipinski definition) is 3. The van der Waals surface area contributed by atoms with Crippen molar-refractivity contribution in [3.05, 3.63) is 89.5 Å². The Morgan fingerprint density at radius 1 is 0.853 bits per heavy atom. The normalized spacial score (nSPS) is 10.8. The molecule has 0 atom stereocenters. The highest BCUT2D eigenvalue weighted by Crippen LogP contribution is 2.30. The molecule has 0 aliphatic heterocycles. The van der Waals surface area contributed by atoms with Crippen LogP contribution in [0.25, 0.3) is 0 Å². The smallest absolute Gasteiger partial charge is 0.416 e. The summed E-state index contributed by atoms with van der Waals surface area (Å²) in [5, 5.41) is 7.88.